The third-order valence-corrected chi connectivity index (χ3v) is 3.05. The molecule has 0 unspecified atom stereocenters. The lowest BCUT2D eigenvalue weighted by molar-refractivity contribution is 0.325. The van der Waals surface area contributed by atoms with Crippen LogP contribution < -0.4 is 5.32 Å². The highest BCUT2D eigenvalue weighted by Gasteiger charge is 2.02. The van der Waals surface area contributed by atoms with E-state index in [2.05, 4.69) is 53.6 Å². The first-order valence-corrected chi connectivity index (χ1v) is 6.78. The molecular formula is C15H22N4. The molecule has 0 bridgehead atoms. The van der Waals surface area contributed by atoms with Gasteiger partial charge in [0.15, 0.2) is 0 Å². The van der Waals surface area contributed by atoms with Crippen molar-refractivity contribution in [1.29, 1.82) is 0 Å². The molecular weight excluding hydrogens is 236 g/mol. The van der Waals surface area contributed by atoms with Crippen LogP contribution in [0.5, 0.6) is 0 Å². The Morgan fingerprint density at radius 2 is 2.21 bits per heavy atom. The van der Waals surface area contributed by atoms with Crippen molar-refractivity contribution in [1.82, 2.24) is 20.0 Å². The third kappa shape index (κ3) is 4.19. The highest BCUT2D eigenvalue weighted by Crippen LogP contribution is 2.11. The summed E-state index contributed by atoms with van der Waals surface area (Å²) in [5, 5.41) is 7.60. The van der Waals surface area contributed by atoms with Gasteiger partial charge in [-0.25, -0.2) is 4.68 Å². The maximum absolute atomic E-state index is 4.26. The molecule has 1 N–H and O–H groups in total. The fraction of sp³-hybridized carbons (Fsp3) is 0.400. The second-order valence-corrected chi connectivity index (χ2v) is 4.71. The molecule has 0 amide bonds. The van der Waals surface area contributed by atoms with E-state index < -0.39 is 0 Å². The largest absolute Gasteiger partial charge is 0.316 e. The fourth-order valence-corrected chi connectivity index (χ4v) is 2.06. The zero-order valence-electron chi connectivity index (χ0n) is 11.7. The Hall–Kier alpha value is -1.65. The van der Waals surface area contributed by atoms with Crippen molar-refractivity contribution in [2.75, 3.05) is 26.7 Å². The second kappa shape index (κ2) is 7.07. The van der Waals surface area contributed by atoms with Gasteiger partial charge in [0.1, 0.15) is 0 Å². The van der Waals surface area contributed by atoms with Crippen LogP contribution in [-0.2, 0) is 6.54 Å². The van der Waals surface area contributed by atoms with Crippen LogP contribution in [0.15, 0.2) is 42.7 Å². The summed E-state index contributed by atoms with van der Waals surface area (Å²) in [6.07, 6.45) is 3.77. The average Bonchev–Trinajstić information content (AvgIpc) is 2.93. The number of nitrogens with zero attached hydrogens (tertiary/aromatic N) is 3. The third-order valence-electron chi connectivity index (χ3n) is 3.05. The van der Waals surface area contributed by atoms with Crippen LogP contribution in [0.2, 0.25) is 0 Å². The van der Waals surface area contributed by atoms with Gasteiger partial charge in [0.25, 0.3) is 0 Å². The van der Waals surface area contributed by atoms with Gasteiger partial charge in [-0.3, -0.25) is 0 Å². The Labute approximate surface area is 115 Å². The highest BCUT2D eigenvalue weighted by atomic mass is 15.3. The average molecular weight is 258 g/mol. The maximum atomic E-state index is 4.26. The van der Waals surface area contributed by atoms with Gasteiger partial charge in [0.05, 0.1) is 5.69 Å². The van der Waals surface area contributed by atoms with E-state index in [1.54, 1.807) is 6.20 Å². The van der Waals surface area contributed by atoms with E-state index in [1.165, 1.54) is 5.56 Å². The van der Waals surface area contributed by atoms with E-state index in [0.717, 1.165) is 31.9 Å². The van der Waals surface area contributed by atoms with E-state index in [9.17, 15) is 0 Å². The lowest BCUT2D eigenvalue weighted by atomic mass is 10.2. The molecule has 1 heterocycles. The number of hydrogen-bond donors (Lipinski definition) is 1. The quantitative estimate of drug-likeness (QED) is 0.770. The molecule has 19 heavy (non-hydrogen) atoms. The minimum absolute atomic E-state index is 0.959. The first kappa shape index (κ1) is 13.8. The molecule has 1 aromatic heterocycles. The Kier molecular flexibility index (Phi) is 5.12. The van der Waals surface area contributed by atoms with Crippen LogP contribution in [0.4, 0.5) is 0 Å². The van der Waals surface area contributed by atoms with E-state index in [0.29, 0.717) is 0 Å². The minimum Gasteiger partial charge on any atom is -0.316 e. The first-order chi connectivity index (χ1) is 9.29. The molecule has 4 heteroatoms. The molecule has 1 aromatic carbocycles. The number of rotatable bonds is 7. The van der Waals surface area contributed by atoms with Crippen LogP contribution in [0.25, 0.3) is 5.69 Å². The summed E-state index contributed by atoms with van der Waals surface area (Å²) in [5.41, 5.74) is 2.43. The summed E-state index contributed by atoms with van der Waals surface area (Å²) in [6, 6.07) is 10.5. The van der Waals surface area contributed by atoms with Crippen molar-refractivity contribution in [2.45, 2.75) is 13.5 Å². The van der Waals surface area contributed by atoms with Gasteiger partial charge in [0.2, 0.25) is 0 Å². The van der Waals surface area contributed by atoms with Crippen LogP contribution >= 0.6 is 0 Å². The van der Waals surface area contributed by atoms with Crippen LogP contribution in [-0.4, -0.2) is 41.4 Å². The molecule has 0 spiro atoms. The van der Waals surface area contributed by atoms with Crippen molar-refractivity contribution in [2.24, 2.45) is 0 Å². The van der Waals surface area contributed by atoms with Crippen molar-refractivity contribution in [3.63, 3.8) is 0 Å². The van der Waals surface area contributed by atoms with Crippen LogP contribution in [0.3, 0.4) is 0 Å². The molecule has 4 nitrogen and oxygen atoms in total. The molecule has 0 fully saturated rings. The van der Waals surface area contributed by atoms with Gasteiger partial charge in [-0.2, -0.15) is 5.10 Å². The van der Waals surface area contributed by atoms with Crippen molar-refractivity contribution >= 4 is 0 Å². The van der Waals surface area contributed by atoms with Gasteiger partial charge in [-0.05, 0) is 37.4 Å². The molecule has 0 saturated carbocycles. The van der Waals surface area contributed by atoms with Crippen LogP contribution in [0.1, 0.15) is 12.5 Å². The first-order valence-electron chi connectivity index (χ1n) is 6.78. The van der Waals surface area contributed by atoms with E-state index in [4.69, 9.17) is 0 Å². The predicted octanol–water partition coefficient (Wildman–Crippen LogP) is 1.91. The highest BCUT2D eigenvalue weighted by molar-refractivity contribution is 5.34. The lowest BCUT2D eigenvalue weighted by Gasteiger charge is -2.17. The fourth-order valence-electron chi connectivity index (χ4n) is 2.06. The zero-order valence-corrected chi connectivity index (χ0v) is 11.7. The summed E-state index contributed by atoms with van der Waals surface area (Å²) in [7, 11) is 2.15. The van der Waals surface area contributed by atoms with Crippen molar-refractivity contribution in [3.8, 4) is 5.69 Å². The molecule has 2 rings (SSSR count). The van der Waals surface area contributed by atoms with Gasteiger partial charge in [-0.15, -0.1) is 0 Å². The van der Waals surface area contributed by atoms with E-state index in [1.807, 2.05) is 16.9 Å². The smallest absolute Gasteiger partial charge is 0.0648 e. The summed E-state index contributed by atoms with van der Waals surface area (Å²) in [4.78, 5) is 2.32. The minimum atomic E-state index is 0.959. The van der Waals surface area contributed by atoms with E-state index >= 15 is 0 Å². The molecule has 0 radical (unpaired) electrons. The van der Waals surface area contributed by atoms with Crippen molar-refractivity contribution < 1.29 is 0 Å². The molecule has 0 aliphatic heterocycles. The Morgan fingerprint density at radius 1 is 1.32 bits per heavy atom. The standard InChI is InChI=1S/C15H22N4/c1-3-16-9-11-18(2)13-14-6-4-7-15(12-14)19-10-5-8-17-19/h4-8,10,12,16H,3,9,11,13H2,1-2H3. The summed E-state index contributed by atoms with van der Waals surface area (Å²) >= 11 is 0. The number of benzene rings is 1. The molecule has 0 saturated heterocycles. The zero-order chi connectivity index (χ0) is 13.5. The monoisotopic (exact) mass is 258 g/mol. The molecule has 0 atom stereocenters. The molecule has 0 aliphatic rings. The Bertz CT molecular complexity index is 479. The number of hydrogen-bond acceptors (Lipinski definition) is 3. The molecule has 102 valence electrons. The number of aromatic nitrogens is 2. The molecule has 2 aromatic rings. The van der Waals surface area contributed by atoms with E-state index in [-0.39, 0.29) is 0 Å². The lowest BCUT2D eigenvalue weighted by Crippen LogP contribution is -2.28. The normalized spacial score (nSPS) is 11.1. The number of likely N-dealkylation sites (N-methyl/N-ethyl adjacent to an activating group) is 2. The summed E-state index contributed by atoms with van der Waals surface area (Å²) < 4.78 is 1.89. The Morgan fingerprint density at radius 3 is 2.95 bits per heavy atom. The number of nitrogens with one attached hydrogen (secondary N) is 1. The van der Waals surface area contributed by atoms with Crippen molar-refractivity contribution in [3.05, 3.63) is 48.3 Å². The van der Waals surface area contributed by atoms with Gasteiger partial charge in [0, 0.05) is 32.0 Å². The summed E-state index contributed by atoms with van der Waals surface area (Å²) in [6.45, 7) is 6.21. The Balaban J connectivity index is 1.95. The van der Waals surface area contributed by atoms with Crippen LogP contribution in [0, 0.1) is 0 Å². The predicted molar refractivity (Wildman–Crippen MR) is 78.4 cm³/mol. The topological polar surface area (TPSA) is 33.1 Å². The second-order valence-electron chi connectivity index (χ2n) is 4.71. The van der Waals surface area contributed by atoms with Gasteiger partial charge < -0.3 is 10.2 Å². The maximum Gasteiger partial charge on any atom is 0.0648 e. The summed E-state index contributed by atoms with van der Waals surface area (Å²) in [5.74, 6) is 0. The van der Waals surface area contributed by atoms with Gasteiger partial charge >= 0.3 is 0 Å². The van der Waals surface area contributed by atoms with Gasteiger partial charge in [-0.1, -0.05) is 19.1 Å². The molecule has 0 aliphatic carbocycles. The SMILES string of the molecule is CCNCCN(C)Cc1cccc(-n2cccn2)c1.